The van der Waals surface area contributed by atoms with Crippen LogP contribution >= 0.6 is 0 Å². The van der Waals surface area contributed by atoms with E-state index in [9.17, 15) is 9.18 Å². The summed E-state index contributed by atoms with van der Waals surface area (Å²) in [5.41, 5.74) is 0.910. The maximum absolute atomic E-state index is 13.1. The van der Waals surface area contributed by atoms with Crippen LogP contribution in [0.15, 0.2) is 36.7 Å². The highest BCUT2D eigenvalue weighted by Crippen LogP contribution is 2.28. The predicted octanol–water partition coefficient (Wildman–Crippen LogP) is 4.06. The molecule has 30 heavy (non-hydrogen) atoms. The van der Waals surface area contributed by atoms with Gasteiger partial charge in [-0.1, -0.05) is 12.1 Å². The van der Waals surface area contributed by atoms with Crippen molar-refractivity contribution in [3.63, 3.8) is 0 Å². The number of hydrogen-bond donors (Lipinski definition) is 2. The average molecular weight is 412 g/mol. The Morgan fingerprint density at radius 2 is 2.03 bits per heavy atom. The Morgan fingerprint density at radius 1 is 1.23 bits per heavy atom. The number of benzene rings is 1. The number of carbonyl (C=O) groups is 1. The van der Waals surface area contributed by atoms with Crippen molar-refractivity contribution in [2.24, 2.45) is 5.92 Å². The summed E-state index contributed by atoms with van der Waals surface area (Å²) in [5.74, 6) is 2.12. The highest BCUT2D eigenvalue weighted by atomic mass is 19.1. The van der Waals surface area contributed by atoms with Gasteiger partial charge in [0.15, 0.2) is 0 Å². The van der Waals surface area contributed by atoms with Gasteiger partial charge in [-0.2, -0.15) is 0 Å². The average Bonchev–Trinajstić information content (AvgIpc) is 3.57. The van der Waals surface area contributed by atoms with Gasteiger partial charge in [-0.05, 0) is 62.6 Å². The van der Waals surface area contributed by atoms with E-state index in [-0.39, 0.29) is 17.8 Å². The Hall–Kier alpha value is -2.70. The zero-order chi connectivity index (χ0) is 20.9. The SMILES string of the molecule is CC(NC(=O)CCC1CCCN(c2cc(NC3CC3)ncn2)C1)c1ccc(F)cc1. The summed E-state index contributed by atoms with van der Waals surface area (Å²) >= 11 is 0. The second kappa shape index (κ2) is 9.41. The zero-order valence-electron chi connectivity index (χ0n) is 17.5. The van der Waals surface area contributed by atoms with E-state index in [1.165, 1.54) is 25.0 Å². The monoisotopic (exact) mass is 411 g/mol. The van der Waals surface area contributed by atoms with E-state index in [0.717, 1.165) is 49.6 Å². The van der Waals surface area contributed by atoms with Gasteiger partial charge in [-0.3, -0.25) is 4.79 Å². The largest absolute Gasteiger partial charge is 0.367 e. The number of nitrogens with zero attached hydrogens (tertiary/aromatic N) is 3. The van der Waals surface area contributed by atoms with Crippen LogP contribution in [0.1, 0.15) is 57.1 Å². The number of carbonyl (C=O) groups excluding carboxylic acids is 1. The molecule has 2 aliphatic rings. The molecule has 2 fully saturated rings. The Balaban J connectivity index is 1.25. The van der Waals surface area contributed by atoms with E-state index >= 15 is 0 Å². The van der Waals surface area contributed by atoms with E-state index < -0.39 is 0 Å². The van der Waals surface area contributed by atoms with Crippen molar-refractivity contribution in [1.82, 2.24) is 15.3 Å². The fourth-order valence-corrected chi connectivity index (χ4v) is 4.03. The van der Waals surface area contributed by atoms with Gasteiger partial charge in [-0.15, -0.1) is 0 Å². The second-order valence-corrected chi connectivity index (χ2v) is 8.51. The lowest BCUT2D eigenvalue weighted by atomic mass is 9.93. The van der Waals surface area contributed by atoms with Gasteiger partial charge in [-0.25, -0.2) is 14.4 Å². The van der Waals surface area contributed by atoms with Crippen molar-refractivity contribution in [3.05, 3.63) is 48.0 Å². The van der Waals surface area contributed by atoms with Crippen molar-refractivity contribution < 1.29 is 9.18 Å². The van der Waals surface area contributed by atoms with Crippen LogP contribution in [-0.2, 0) is 4.79 Å². The molecule has 2 heterocycles. The summed E-state index contributed by atoms with van der Waals surface area (Å²) < 4.78 is 13.1. The molecule has 1 aliphatic heterocycles. The van der Waals surface area contributed by atoms with Gasteiger partial charge in [0.05, 0.1) is 6.04 Å². The number of rotatable bonds is 8. The van der Waals surface area contributed by atoms with Crippen molar-refractivity contribution in [2.75, 3.05) is 23.3 Å². The highest BCUT2D eigenvalue weighted by molar-refractivity contribution is 5.76. The minimum Gasteiger partial charge on any atom is -0.367 e. The van der Waals surface area contributed by atoms with Gasteiger partial charge in [0, 0.05) is 31.6 Å². The molecule has 6 nitrogen and oxygen atoms in total. The van der Waals surface area contributed by atoms with Crippen molar-refractivity contribution >= 4 is 17.5 Å². The fourth-order valence-electron chi connectivity index (χ4n) is 4.03. The van der Waals surface area contributed by atoms with E-state index in [0.29, 0.717) is 18.4 Å². The molecule has 1 saturated carbocycles. The van der Waals surface area contributed by atoms with Crippen molar-refractivity contribution in [1.29, 1.82) is 0 Å². The molecule has 1 aliphatic carbocycles. The Morgan fingerprint density at radius 3 is 2.80 bits per heavy atom. The summed E-state index contributed by atoms with van der Waals surface area (Å²) in [6, 6.07) is 8.76. The van der Waals surface area contributed by atoms with Crippen LogP contribution in [0.2, 0.25) is 0 Å². The molecule has 2 atom stereocenters. The molecule has 0 bridgehead atoms. The first-order valence-electron chi connectivity index (χ1n) is 10.9. The lowest BCUT2D eigenvalue weighted by molar-refractivity contribution is -0.122. The third-order valence-corrected chi connectivity index (χ3v) is 5.95. The van der Waals surface area contributed by atoms with E-state index in [2.05, 4.69) is 25.5 Å². The third-order valence-electron chi connectivity index (χ3n) is 5.95. The third kappa shape index (κ3) is 5.68. The molecule has 0 spiro atoms. The first kappa shape index (κ1) is 20.6. The van der Waals surface area contributed by atoms with Gasteiger partial charge in [0.25, 0.3) is 0 Å². The van der Waals surface area contributed by atoms with Gasteiger partial charge in [0.1, 0.15) is 23.8 Å². The molecule has 2 aromatic rings. The molecule has 1 saturated heterocycles. The highest BCUT2D eigenvalue weighted by Gasteiger charge is 2.24. The number of aromatic nitrogens is 2. The quantitative estimate of drug-likeness (QED) is 0.685. The maximum Gasteiger partial charge on any atom is 0.220 e. The Kier molecular flexibility index (Phi) is 6.45. The number of hydrogen-bond acceptors (Lipinski definition) is 5. The number of amides is 1. The van der Waals surface area contributed by atoms with Gasteiger partial charge >= 0.3 is 0 Å². The first-order valence-corrected chi connectivity index (χ1v) is 10.9. The van der Waals surface area contributed by atoms with Crippen LogP contribution in [0, 0.1) is 11.7 Å². The summed E-state index contributed by atoms with van der Waals surface area (Å²) in [7, 11) is 0. The van der Waals surface area contributed by atoms with E-state index in [4.69, 9.17) is 0 Å². The van der Waals surface area contributed by atoms with Crippen LogP contribution < -0.4 is 15.5 Å². The maximum atomic E-state index is 13.1. The Bertz CT molecular complexity index is 855. The zero-order valence-corrected chi connectivity index (χ0v) is 17.5. The summed E-state index contributed by atoms with van der Waals surface area (Å²) in [5, 5.41) is 6.46. The molecule has 1 aromatic carbocycles. The molecule has 0 radical (unpaired) electrons. The fraction of sp³-hybridized carbons (Fsp3) is 0.522. The molecule has 2 N–H and O–H groups in total. The van der Waals surface area contributed by atoms with Crippen LogP contribution in [0.4, 0.5) is 16.0 Å². The van der Waals surface area contributed by atoms with Crippen LogP contribution in [0.3, 0.4) is 0 Å². The molecule has 1 amide bonds. The van der Waals surface area contributed by atoms with Crippen molar-refractivity contribution in [3.8, 4) is 0 Å². The molecule has 160 valence electrons. The minimum absolute atomic E-state index is 0.0434. The minimum atomic E-state index is -0.266. The molecule has 4 rings (SSSR count). The Labute approximate surface area is 177 Å². The lowest BCUT2D eigenvalue weighted by Crippen LogP contribution is -2.36. The van der Waals surface area contributed by atoms with E-state index in [1.807, 2.05) is 13.0 Å². The predicted molar refractivity (Wildman–Crippen MR) is 116 cm³/mol. The van der Waals surface area contributed by atoms with Gasteiger partial charge in [0.2, 0.25) is 5.91 Å². The lowest BCUT2D eigenvalue weighted by Gasteiger charge is -2.33. The number of nitrogens with one attached hydrogen (secondary N) is 2. The van der Waals surface area contributed by atoms with Crippen LogP contribution in [0.5, 0.6) is 0 Å². The second-order valence-electron chi connectivity index (χ2n) is 8.51. The first-order chi connectivity index (χ1) is 14.6. The number of halogens is 1. The van der Waals surface area contributed by atoms with Gasteiger partial charge < -0.3 is 15.5 Å². The molecule has 7 heteroatoms. The number of anilines is 2. The van der Waals surface area contributed by atoms with Crippen LogP contribution in [-0.4, -0.2) is 35.0 Å². The standard InChI is InChI=1S/C23H30FN5O/c1-16(18-5-7-19(24)8-6-18)27-23(30)11-4-17-3-2-12-29(14-17)22-13-21(25-15-26-22)28-20-9-10-20/h5-8,13,15-17,20H,2-4,9-12,14H2,1H3,(H,27,30)(H,25,26,28). The summed E-state index contributed by atoms with van der Waals surface area (Å²) in [6.45, 7) is 3.83. The molecule has 2 unspecified atom stereocenters. The summed E-state index contributed by atoms with van der Waals surface area (Å²) in [4.78, 5) is 23.5. The van der Waals surface area contributed by atoms with Crippen molar-refractivity contribution in [2.45, 2.75) is 57.5 Å². The summed E-state index contributed by atoms with van der Waals surface area (Å²) in [6.07, 6.45) is 7.66. The van der Waals surface area contributed by atoms with E-state index in [1.54, 1.807) is 18.5 Å². The molecular formula is C23H30FN5O. The molecular weight excluding hydrogens is 381 g/mol. The molecule has 1 aromatic heterocycles. The smallest absolute Gasteiger partial charge is 0.220 e. The number of piperidine rings is 1. The topological polar surface area (TPSA) is 70.2 Å². The normalized spacial score (nSPS) is 19.9. The van der Waals surface area contributed by atoms with Crippen LogP contribution in [0.25, 0.3) is 0 Å².